The van der Waals surface area contributed by atoms with Crippen LogP contribution < -0.4 is 10.6 Å². The number of carbonyl (C=O) groups is 3. The highest BCUT2D eigenvalue weighted by Crippen LogP contribution is 2.21. The van der Waals surface area contributed by atoms with Crippen LogP contribution in [0.25, 0.3) is 0 Å². The topological polar surface area (TPSA) is 115 Å². The van der Waals surface area contributed by atoms with Gasteiger partial charge >= 0.3 is 12.2 Å². The van der Waals surface area contributed by atoms with Gasteiger partial charge in [-0.05, 0) is 58.7 Å². The van der Waals surface area contributed by atoms with Gasteiger partial charge in [-0.3, -0.25) is 15.4 Å². The molecule has 0 saturated carbocycles. The van der Waals surface area contributed by atoms with Crippen molar-refractivity contribution in [1.82, 2.24) is 4.90 Å². The molecule has 2 atom stereocenters. The van der Waals surface area contributed by atoms with Crippen molar-refractivity contribution in [2.45, 2.75) is 65.8 Å². The van der Waals surface area contributed by atoms with E-state index in [0.717, 1.165) is 12.0 Å². The molecule has 2 unspecified atom stereocenters. The second-order valence-electron chi connectivity index (χ2n) is 8.64. The molecule has 0 aromatic heterocycles. The fourth-order valence-electron chi connectivity index (χ4n) is 3.21. The highest BCUT2D eigenvalue weighted by Gasteiger charge is 2.20. The molecule has 190 valence electrons. The van der Waals surface area contributed by atoms with Gasteiger partial charge in [0.15, 0.2) is 0 Å². The van der Waals surface area contributed by atoms with E-state index in [1.807, 2.05) is 27.7 Å². The van der Waals surface area contributed by atoms with Gasteiger partial charge in [-0.15, -0.1) is 0 Å². The predicted molar refractivity (Wildman–Crippen MR) is 128 cm³/mol. The van der Waals surface area contributed by atoms with Crippen LogP contribution in [0.2, 0.25) is 0 Å². The third-order valence-electron chi connectivity index (χ3n) is 5.07. The first-order valence-corrected chi connectivity index (χ1v) is 11.7. The average molecular weight is 480 g/mol. The predicted octanol–water partition coefficient (Wildman–Crippen LogP) is 3.93. The highest BCUT2D eigenvalue weighted by molar-refractivity contribution is 5.89. The van der Waals surface area contributed by atoms with Crippen molar-refractivity contribution in [3.8, 4) is 0 Å². The minimum atomic E-state index is -0.634. The summed E-state index contributed by atoms with van der Waals surface area (Å²) < 4.78 is 21.7. The number of benzene rings is 1. The summed E-state index contributed by atoms with van der Waals surface area (Å²) >= 11 is 0. The number of aryl methyl sites for hydroxylation is 1. The summed E-state index contributed by atoms with van der Waals surface area (Å²) in [6, 6.07) is 5.08. The number of rotatable bonds is 12. The highest BCUT2D eigenvalue weighted by atomic mass is 16.6. The summed E-state index contributed by atoms with van der Waals surface area (Å²) in [5.41, 5.74) is 1.75. The SMILES string of the molecule is Cc1ccc(NC(=O)OCCN2CCCC2=O)cc1NC(=O)OC(C)COC(C)COC(C)C. The van der Waals surface area contributed by atoms with Gasteiger partial charge in [-0.25, -0.2) is 9.59 Å². The molecule has 1 aromatic rings. The molecule has 34 heavy (non-hydrogen) atoms. The number of carbonyl (C=O) groups excluding carboxylic acids is 3. The van der Waals surface area contributed by atoms with E-state index in [-0.39, 0.29) is 31.3 Å². The smallest absolute Gasteiger partial charge is 0.411 e. The van der Waals surface area contributed by atoms with Crippen LogP contribution in [0.5, 0.6) is 0 Å². The van der Waals surface area contributed by atoms with E-state index in [9.17, 15) is 14.4 Å². The van der Waals surface area contributed by atoms with E-state index < -0.39 is 18.3 Å². The van der Waals surface area contributed by atoms with Gasteiger partial charge < -0.3 is 23.8 Å². The Bertz CT molecular complexity index is 831. The summed E-state index contributed by atoms with van der Waals surface area (Å²) in [5, 5.41) is 5.31. The maximum Gasteiger partial charge on any atom is 0.411 e. The van der Waals surface area contributed by atoms with Crippen LogP contribution in [0.1, 0.15) is 46.1 Å². The van der Waals surface area contributed by atoms with Gasteiger partial charge in [-0.2, -0.15) is 0 Å². The van der Waals surface area contributed by atoms with Crippen LogP contribution in [0.15, 0.2) is 18.2 Å². The second kappa shape index (κ2) is 13.8. The first-order chi connectivity index (χ1) is 16.1. The molecule has 0 aliphatic carbocycles. The lowest BCUT2D eigenvalue weighted by Gasteiger charge is -2.19. The van der Waals surface area contributed by atoms with Crippen LogP contribution in [0.4, 0.5) is 21.0 Å². The van der Waals surface area contributed by atoms with Crippen molar-refractivity contribution in [3.63, 3.8) is 0 Å². The molecule has 2 N–H and O–H groups in total. The number of nitrogens with one attached hydrogen (secondary N) is 2. The Morgan fingerprint density at radius 3 is 2.44 bits per heavy atom. The lowest BCUT2D eigenvalue weighted by Crippen LogP contribution is -2.30. The van der Waals surface area contributed by atoms with E-state index in [1.54, 1.807) is 30.0 Å². The van der Waals surface area contributed by atoms with E-state index in [4.69, 9.17) is 18.9 Å². The summed E-state index contributed by atoms with van der Waals surface area (Å²) in [6.07, 6.45) is -0.318. The van der Waals surface area contributed by atoms with Crippen molar-refractivity contribution >= 4 is 29.5 Å². The Balaban J connectivity index is 1.76. The number of amides is 3. The number of hydrogen-bond acceptors (Lipinski definition) is 7. The van der Waals surface area contributed by atoms with Gasteiger partial charge in [-0.1, -0.05) is 6.07 Å². The molecule has 2 rings (SSSR count). The van der Waals surface area contributed by atoms with Gasteiger partial charge in [0.25, 0.3) is 0 Å². The molecule has 1 aromatic carbocycles. The largest absolute Gasteiger partial charge is 0.447 e. The van der Waals surface area contributed by atoms with Crippen molar-refractivity contribution < 1.29 is 33.3 Å². The number of hydrogen-bond donors (Lipinski definition) is 2. The van der Waals surface area contributed by atoms with E-state index in [1.165, 1.54) is 0 Å². The normalized spacial score (nSPS) is 15.2. The zero-order valence-corrected chi connectivity index (χ0v) is 20.7. The monoisotopic (exact) mass is 479 g/mol. The summed E-state index contributed by atoms with van der Waals surface area (Å²) in [7, 11) is 0. The lowest BCUT2D eigenvalue weighted by molar-refractivity contribution is -0.128. The molecule has 0 spiro atoms. The molecule has 3 amide bonds. The molecule has 10 nitrogen and oxygen atoms in total. The maximum atomic E-state index is 12.3. The molecule has 10 heteroatoms. The summed E-state index contributed by atoms with van der Waals surface area (Å²) in [6.45, 7) is 11.3. The molecule has 0 radical (unpaired) electrons. The van der Waals surface area contributed by atoms with Crippen molar-refractivity contribution in [3.05, 3.63) is 23.8 Å². The average Bonchev–Trinajstić information content (AvgIpc) is 3.17. The number of anilines is 2. The Labute approximate surface area is 201 Å². The summed E-state index contributed by atoms with van der Waals surface area (Å²) in [4.78, 5) is 37.6. The molecule has 1 heterocycles. The Morgan fingerprint density at radius 2 is 1.76 bits per heavy atom. The minimum absolute atomic E-state index is 0.0840. The molecule has 0 bridgehead atoms. The maximum absolute atomic E-state index is 12.3. The van der Waals surface area contributed by atoms with Gasteiger partial charge in [0, 0.05) is 24.3 Å². The van der Waals surface area contributed by atoms with E-state index >= 15 is 0 Å². The van der Waals surface area contributed by atoms with Crippen LogP contribution in [0, 0.1) is 6.92 Å². The Kier molecular flexibility index (Phi) is 11.1. The lowest BCUT2D eigenvalue weighted by atomic mass is 10.2. The molecular weight excluding hydrogens is 442 g/mol. The fraction of sp³-hybridized carbons (Fsp3) is 0.625. The molecule has 1 aliphatic rings. The second-order valence-corrected chi connectivity index (χ2v) is 8.64. The van der Waals surface area contributed by atoms with Gasteiger partial charge in [0.05, 0.1) is 32.0 Å². The minimum Gasteiger partial charge on any atom is -0.447 e. The standard InChI is InChI=1S/C24H37N3O7/c1-16(2)32-14-18(4)33-15-19(5)34-24(30)26-21-13-20(9-8-17(21)3)25-23(29)31-12-11-27-10-6-7-22(27)28/h8-9,13,16,18-19H,6-7,10-12,14-15H2,1-5H3,(H,25,29)(H,26,30). The zero-order valence-electron chi connectivity index (χ0n) is 20.7. The van der Waals surface area contributed by atoms with E-state index in [2.05, 4.69) is 10.6 Å². The van der Waals surface area contributed by atoms with Crippen LogP contribution in [0.3, 0.4) is 0 Å². The Hall–Kier alpha value is -2.85. The quantitative estimate of drug-likeness (QED) is 0.467. The third-order valence-corrected chi connectivity index (χ3v) is 5.07. The molecule has 1 fully saturated rings. The van der Waals surface area contributed by atoms with Crippen LogP contribution in [-0.4, -0.2) is 74.2 Å². The summed E-state index contributed by atoms with van der Waals surface area (Å²) in [5.74, 6) is 0.0840. The molecule has 1 aliphatic heterocycles. The first kappa shape index (κ1) is 27.4. The van der Waals surface area contributed by atoms with Crippen molar-refractivity contribution in [2.75, 3.05) is 43.5 Å². The first-order valence-electron chi connectivity index (χ1n) is 11.7. The van der Waals surface area contributed by atoms with Crippen LogP contribution in [-0.2, 0) is 23.7 Å². The molecule has 1 saturated heterocycles. The van der Waals surface area contributed by atoms with Crippen molar-refractivity contribution in [1.29, 1.82) is 0 Å². The number of nitrogens with zero attached hydrogens (tertiary/aromatic N) is 1. The fourth-order valence-corrected chi connectivity index (χ4v) is 3.21. The number of likely N-dealkylation sites (tertiary alicyclic amines) is 1. The number of ether oxygens (including phenoxy) is 4. The van der Waals surface area contributed by atoms with Crippen LogP contribution >= 0.6 is 0 Å². The zero-order chi connectivity index (χ0) is 25.1. The van der Waals surface area contributed by atoms with E-state index in [0.29, 0.717) is 37.5 Å². The van der Waals surface area contributed by atoms with Gasteiger partial charge in [0.2, 0.25) is 5.91 Å². The third kappa shape index (κ3) is 9.96. The van der Waals surface area contributed by atoms with Crippen molar-refractivity contribution in [2.24, 2.45) is 0 Å². The molecular formula is C24H37N3O7. The van der Waals surface area contributed by atoms with Gasteiger partial charge in [0.1, 0.15) is 12.7 Å². The Morgan fingerprint density at radius 1 is 1.03 bits per heavy atom.